The molecule has 0 radical (unpaired) electrons. The van der Waals surface area contributed by atoms with Crippen LogP contribution in [0.1, 0.15) is 19.3 Å². The number of rotatable bonds is 1. The summed E-state index contributed by atoms with van der Waals surface area (Å²) < 4.78 is 0. The van der Waals surface area contributed by atoms with Gasteiger partial charge in [-0.1, -0.05) is 22.9 Å². The molecule has 0 spiro atoms. The Kier molecular flexibility index (Phi) is 2.84. The molecule has 0 aromatic rings. The van der Waals surface area contributed by atoms with E-state index in [1.54, 1.807) is 10.8 Å². The third-order valence-electron chi connectivity index (χ3n) is 1.35. The van der Waals surface area contributed by atoms with Gasteiger partial charge in [-0.2, -0.15) is 0 Å². The van der Waals surface area contributed by atoms with Crippen molar-refractivity contribution in [2.24, 2.45) is 0 Å². The van der Waals surface area contributed by atoms with Gasteiger partial charge in [0.05, 0.1) is 0 Å². The molecule has 0 amide bonds. The molecule has 2 heteroatoms. The van der Waals surface area contributed by atoms with Gasteiger partial charge in [0, 0.05) is 5.25 Å². The molecule has 0 saturated heterocycles. The predicted octanol–water partition coefficient (Wildman–Crippen LogP) is 2.67. The van der Waals surface area contributed by atoms with Gasteiger partial charge in [0.1, 0.15) is 0 Å². The molecule has 46 valence electrons. The molecular weight excluding hydrogens is 136 g/mol. The molecule has 0 aliphatic heterocycles. The summed E-state index contributed by atoms with van der Waals surface area (Å²) in [6, 6.07) is 0. The van der Waals surface area contributed by atoms with E-state index in [0.717, 1.165) is 0 Å². The molecular formula is C6H10S2. The molecule has 1 atom stereocenters. The van der Waals surface area contributed by atoms with Gasteiger partial charge in [-0.05, 0) is 19.3 Å². The van der Waals surface area contributed by atoms with E-state index in [9.17, 15) is 0 Å². The zero-order chi connectivity index (χ0) is 5.82. The molecule has 0 bridgehead atoms. The fraction of sp³-hybridized carbons (Fsp3) is 0.667. The van der Waals surface area contributed by atoms with E-state index in [2.05, 4.69) is 23.8 Å². The smallest absolute Gasteiger partial charge is 0.0328 e. The van der Waals surface area contributed by atoms with Crippen LogP contribution < -0.4 is 0 Å². The van der Waals surface area contributed by atoms with E-state index in [-0.39, 0.29) is 0 Å². The lowest BCUT2D eigenvalue weighted by molar-refractivity contribution is 0.743. The predicted molar refractivity (Wildman–Crippen MR) is 43.4 cm³/mol. The summed E-state index contributed by atoms with van der Waals surface area (Å²) in [5.41, 5.74) is 0. The molecule has 8 heavy (non-hydrogen) atoms. The van der Waals surface area contributed by atoms with Crippen LogP contribution in [0.5, 0.6) is 0 Å². The average molecular weight is 146 g/mol. The number of thiol groups is 1. The maximum atomic E-state index is 4.13. The number of allylic oxidation sites excluding steroid dienone is 1. The minimum Gasteiger partial charge on any atom is -0.111 e. The molecule has 1 rings (SSSR count). The molecule has 0 aromatic heterocycles. The lowest BCUT2D eigenvalue weighted by Gasteiger charge is -2.11. The van der Waals surface area contributed by atoms with Crippen molar-refractivity contribution < 1.29 is 0 Å². The summed E-state index contributed by atoms with van der Waals surface area (Å²) in [6.45, 7) is 0. The summed E-state index contributed by atoms with van der Waals surface area (Å²) in [4.78, 5) is 0. The summed E-state index contributed by atoms with van der Waals surface area (Å²) in [5, 5.41) is 0.687. The second kappa shape index (κ2) is 3.46. The molecule has 0 heterocycles. The zero-order valence-electron chi connectivity index (χ0n) is 4.71. The number of hydrogen-bond acceptors (Lipinski definition) is 2. The molecule has 0 N–H and O–H groups in total. The van der Waals surface area contributed by atoms with E-state index in [1.807, 2.05) is 0 Å². The van der Waals surface area contributed by atoms with Gasteiger partial charge in [0.15, 0.2) is 0 Å². The Morgan fingerprint density at radius 2 is 2.50 bits per heavy atom. The summed E-state index contributed by atoms with van der Waals surface area (Å²) in [7, 11) is 1.65. The van der Waals surface area contributed by atoms with Gasteiger partial charge in [-0.15, -0.1) is 11.7 Å². The van der Waals surface area contributed by atoms with Gasteiger partial charge < -0.3 is 0 Å². The van der Waals surface area contributed by atoms with Crippen LogP contribution in [0.15, 0.2) is 12.2 Å². The van der Waals surface area contributed by atoms with Crippen LogP contribution in [0.4, 0.5) is 0 Å². The topological polar surface area (TPSA) is 0 Å². The van der Waals surface area contributed by atoms with Crippen LogP contribution >= 0.6 is 22.5 Å². The van der Waals surface area contributed by atoms with E-state index in [1.165, 1.54) is 19.3 Å². The van der Waals surface area contributed by atoms with Crippen LogP contribution in [0.3, 0.4) is 0 Å². The minimum absolute atomic E-state index is 0.687. The Bertz CT molecular complexity index is 88.5. The van der Waals surface area contributed by atoms with Crippen LogP contribution in [-0.2, 0) is 0 Å². The van der Waals surface area contributed by atoms with Crippen molar-refractivity contribution in [3.63, 3.8) is 0 Å². The van der Waals surface area contributed by atoms with Crippen molar-refractivity contribution in [2.75, 3.05) is 0 Å². The monoisotopic (exact) mass is 146 g/mol. The van der Waals surface area contributed by atoms with Crippen molar-refractivity contribution in [1.82, 2.24) is 0 Å². The first kappa shape index (κ1) is 6.56. The lowest BCUT2D eigenvalue weighted by atomic mass is 10.1. The van der Waals surface area contributed by atoms with Crippen molar-refractivity contribution >= 4 is 22.5 Å². The molecule has 0 saturated carbocycles. The SMILES string of the molecule is SSC1C=CCCC1. The summed E-state index contributed by atoms with van der Waals surface area (Å²) in [5.74, 6) is 0. The highest BCUT2D eigenvalue weighted by Crippen LogP contribution is 2.24. The maximum Gasteiger partial charge on any atom is 0.0328 e. The fourth-order valence-electron chi connectivity index (χ4n) is 0.869. The molecule has 0 fully saturated rings. The quantitative estimate of drug-likeness (QED) is 0.337. The van der Waals surface area contributed by atoms with Crippen molar-refractivity contribution in [1.29, 1.82) is 0 Å². The number of hydrogen-bond donors (Lipinski definition) is 1. The Morgan fingerprint density at radius 3 is 2.88 bits per heavy atom. The standard InChI is InChI=1S/C6H10S2/c7-8-6-4-2-1-3-5-6/h2,4,6-7H,1,3,5H2. The highest BCUT2D eigenvalue weighted by Gasteiger charge is 2.04. The third kappa shape index (κ3) is 1.75. The maximum absolute atomic E-state index is 4.13. The minimum atomic E-state index is 0.687. The highest BCUT2D eigenvalue weighted by molar-refractivity contribution is 8.68. The second-order valence-corrected chi connectivity index (χ2v) is 3.45. The van der Waals surface area contributed by atoms with Gasteiger partial charge in [-0.25, -0.2) is 0 Å². The Labute approximate surface area is 59.5 Å². The molecule has 1 unspecified atom stereocenters. The zero-order valence-corrected chi connectivity index (χ0v) is 6.42. The van der Waals surface area contributed by atoms with Crippen LogP contribution in [0.2, 0.25) is 0 Å². The third-order valence-corrected chi connectivity index (χ3v) is 2.82. The first-order chi connectivity index (χ1) is 3.93. The van der Waals surface area contributed by atoms with Crippen molar-refractivity contribution in [3.8, 4) is 0 Å². The Hall–Kier alpha value is 0.440. The molecule has 1 aliphatic carbocycles. The Morgan fingerprint density at radius 1 is 1.62 bits per heavy atom. The summed E-state index contributed by atoms with van der Waals surface area (Å²) in [6.07, 6.45) is 8.42. The van der Waals surface area contributed by atoms with Crippen molar-refractivity contribution in [3.05, 3.63) is 12.2 Å². The first-order valence-electron chi connectivity index (χ1n) is 2.90. The average Bonchev–Trinajstić information content (AvgIpc) is 1.90. The first-order valence-corrected chi connectivity index (χ1v) is 4.83. The normalized spacial score (nSPS) is 28.4. The lowest BCUT2D eigenvalue weighted by Crippen LogP contribution is -1.98. The highest BCUT2D eigenvalue weighted by atomic mass is 33.1. The largest absolute Gasteiger partial charge is 0.111 e. The molecule has 0 nitrogen and oxygen atoms in total. The van der Waals surface area contributed by atoms with Gasteiger partial charge in [-0.3, -0.25) is 0 Å². The van der Waals surface area contributed by atoms with Crippen LogP contribution in [0.25, 0.3) is 0 Å². The van der Waals surface area contributed by atoms with E-state index < -0.39 is 0 Å². The van der Waals surface area contributed by atoms with Crippen LogP contribution in [-0.4, -0.2) is 5.25 Å². The van der Waals surface area contributed by atoms with Gasteiger partial charge in [0.2, 0.25) is 0 Å². The molecule has 0 aromatic carbocycles. The fourth-order valence-corrected chi connectivity index (χ4v) is 1.85. The van der Waals surface area contributed by atoms with Gasteiger partial charge >= 0.3 is 0 Å². The summed E-state index contributed by atoms with van der Waals surface area (Å²) >= 11 is 4.13. The molecule has 1 aliphatic rings. The van der Waals surface area contributed by atoms with Crippen LogP contribution in [0, 0.1) is 0 Å². The second-order valence-electron chi connectivity index (χ2n) is 2.00. The van der Waals surface area contributed by atoms with E-state index in [4.69, 9.17) is 0 Å². The van der Waals surface area contributed by atoms with E-state index in [0.29, 0.717) is 5.25 Å². The van der Waals surface area contributed by atoms with E-state index >= 15 is 0 Å². The van der Waals surface area contributed by atoms with Crippen molar-refractivity contribution in [2.45, 2.75) is 24.5 Å². The Balaban J connectivity index is 2.32. The van der Waals surface area contributed by atoms with Gasteiger partial charge in [0.25, 0.3) is 0 Å².